The molecule has 1 heterocycles. The van der Waals surface area contributed by atoms with Crippen LogP contribution in [-0.2, 0) is 11.3 Å². The summed E-state index contributed by atoms with van der Waals surface area (Å²) in [5, 5.41) is 0. The first-order valence-electron chi connectivity index (χ1n) is 5.48. The Kier molecular flexibility index (Phi) is 4.21. The summed E-state index contributed by atoms with van der Waals surface area (Å²) < 4.78 is 12.1. The maximum atomic E-state index is 5.75. The van der Waals surface area contributed by atoms with Gasteiger partial charge in [-0.15, -0.1) is 0 Å². The highest BCUT2D eigenvalue weighted by Crippen LogP contribution is 2.22. The number of benzene rings is 1. The third kappa shape index (κ3) is 3.20. The van der Waals surface area contributed by atoms with E-state index in [1.165, 1.54) is 0 Å². The fourth-order valence-corrected chi connectivity index (χ4v) is 2.27. The quantitative estimate of drug-likeness (QED) is 0.924. The molecule has 0 aliphatic carbocycles. The Morgan fingerprint density at radius 1 is 1.44 bits per heavy atom. The van der Waals surface area contributed by atoms with Gasteiger partial charge in [-0.2, -0.15) is 0 Å². The van der Waals surface area contributed by atoms with Gasteiger partial charge in [-0.25, -0.2) is 0 Å². The summed E-state index contributed by atoms with van der Waals surface area (Å²) in [6.07, 6.45) is 1.09. The minimum Gasteiger partial charge on any atom is -0.493 e. The minimum absolute atomic E-state index is 0.528. The Hall–Kier alpha value is -0.580. The van der Waals surface area contributed by atoms with Crippen LogP contribution >= 0.6 is 15.9 Å². The summed E-state index contributed by atoms with van der Waals surface area (Å²) in [5.74, 6) is 1.40. The van der Waals surface area contributed by atoms with Crippen LogP contribution in [0.3, 0.4) is 0 Å². The fourth-order valence-electron chi connectivity index (χ4n) is 1.75. The van der Waals surface area contributed by atoms with Crippen molar-refractivity contribution in [2.75, 3.05) is 19.8 Å². The van der Waals surface area contributed by atoms with E-state index in [4.69, 9.17) is 15.2 Å². The Morgan fingerprint density at radius 3 is 3.00 bits per heavy atom. The van der Waals surface area contributed by atoms with Crippen molar-refractivity contribution in [2.45, 2.75) is 13.0 Å². The van der Waals surface area contributed by atoms with Crippen molar-refractivity contribution in [1.29, 1.82) is 0 Å². The molecule has 1 atom stereocenters. The fraction of sp³-hybridized carbons (Fsp3) is 0.500. The maximum Gasteiger partial charge on any atom is 0.120 e. The number of halogens is 1. The predicted octanol–water partition coefficient (Wildman–Crippen LogP) is 2.32. The lowest BCUT2D eigenvalue weighted by Crippen LogP contribution is -2.11. The molecule has 0 spiro atoms. The van der Waals surface area contributed by atoms with E-state index < -0.39 is 0 Å². The molecule has 1 aromatic carbocycles. The van der Waals surface area contributed by atoms with E-state index in [1.54, 1.807) is 0 Å². The molecule has 1 aliphatic rings. The summed E-state index contributed by atoms with van der Waals surface area (Å²) >= 11 is 3.45. The van der Waals surface area contributed by atoms with Crippen molar-refractivity contribution in [3.63, 3.8) is 0 Å². The molecule has 88 valence electrons. The molecule has 0 bridgehead atoms. The Morgan fingerprint density at radius 2 is 2.31 bits per heavy atom. The number of hydrogen-bond donors (Lipinski definition) is 1. The van der Waals surface area contributed by atoms with E-state index in [9.17, 15) is 0 Å². The van der Waals surface area contributed by atoms with Gasteiger partial charge in [0.2, 0.25) is 0 Å². The largest absolute Gasteiger partial charge is 0.493 e. The van der Waals surface area contributed by atoms with Crippen molar-refractivity contribution in [3.05, 3.63) is 28.2 Å². The van der Waals surface area contributed by atoms with Crippen LogP contribution in [0.1, 0.15) is 12.0 Å². The molecular weight excluding hydrogens is 270 g/mol. The molecule has 0 saturated carbocycles. The highest BCUT2D eigenvalue weighted by Gasteiger charge is 2.16. The van der Waals surface area contributed by atoms with Crippen molar-refractivity contribution in [3.8, 4) is 5.75 Å². The minimum atomic E-state index is 0.528. The lowest BCUT2D eigenvalue weighted by atomic mass is 10.1. The monoisotopic (exact) mass is 285 g/mol. The van der Waals surface area contributed by atoms with Crippen molar-refractivity contribution in [2.24, 2.45) is 11.7 Å². The second kappa shape index (κ2) is 5.66. The van der Waals surface area contributed by atoms with Crippen LogP contribution in [0.25, 0.3) is 0 Å². The van der Waals surface area contributed by atoms with E-state index in [2.05, 4.69) is 15.9 Å². The van der Waals surface area contributed by atoms with Crippen molar-refractivity contribution in [1.82, 2.24) is 0 Å². The molecule has 3 nitrogen and oxygen atoms in total. The number of rotatable bonds is 4. The zero-order chi connectivity index (χ0) is 11.4. The van der Waals surface area contributed by atoms with Crippen LogP contribution in [0.5, 0.6) is 5.75 Å². The van der Waals surface area contributed by atoms with E-state index in [0.717, 1.165) is 42.0 Å². The van der Waals surface area contributed by atoms with Gasteiger partial charge in [0.15, 0.2) is 0 Å². The average Bonchev–Trinajstić information content (AvgIpc) is 2.78. The van der Waals surface area contributed by atoms with Crippen LogP contribution in [0, 0.1) is 5.92 Å². The highest BCUT2D eigenvalue weighted by atomic mass is 79.9. The molecule has 0 amide bonds. The second-order valence-corrected chi connectivity index (χ2v) is 4.96. The average molecular weight is 286 g/mol. The van der Waals surface area contributed by atoms with Crippen molar-refractivity contribution >= 4 is 15.9 Å². The number of hydrogen-bond acceptors (Lipinski definition) is 3. The SMILES string of the molecule is NCc1cc(Br)cc(OCC2CCOC2)c1. The van der Waals surface area contributed by atoms with Crippen molar-refractivity contribution < 1.29 is 9.47 Å². The Balaban J connectivity index is 1.94. The predicted molar refractivity (Wildman–Crippen MR) is 66.5 cm³/mol. The summed E-state index contributed by atoms with van der Waals surface area (Å²) in [4.78, 5) is 0. The summed E-state index contributed by atoms with van der Waals surface area (Å²) in [7, 11) is 0. The van der Waals surface area contributed by atoms with Gasteiger partial charge >= 0.3 is 0 Å². The van der Waals surface area contributed by atoms with Crippen LogP contribution in [-0.4, -0.2) is 19.8 Å². The molecule has 0 aromatic heterocycles. The maximum absolute atomic E-state index is 5.75. The van der Waals surface area contributed by atoms with Gasteiger partial charge in [0.1, 0.15) is 5.75 Å². The van der Waals surface area contributed by atoms with Gasteiger partial charge in [0, 0.05) is 23.5 Å². The third-order valence-corrected chi connectivity index (χ3v) is 3.13. The number of nitrogens with two attached hydrogens (primary N) is 1. The molecule has 1 unspecified atom stereocenters. The van der Waals surface area contributed by atoms with Crippen LogP contribution in [0.4, 0.5) is 0 Å². The van der Waals surface area contributed by atoms with Gasteiger partial charge in [-0.05, 0) is 30.2 Å². The molecule has 1 saturated heterocycles. The Labute approximate surface area is 104 Å². The zero-order valence-electron chi connectivity index (χ0n) is 9.12. The topological polar surface area (TPSA) is 44.5 Å². The lowest BCUT2D eigenvalue weighted by Gasteiger charge is -2.11. The lowest BCUT2D eigenvalue weighted by molar-refractivity contribution is 0.167. The van der Waals surface area contributed by atoms with E-state index in [-0.39, 0.29) is 0 Å². The molecule has 0 radical (unpaired) electrons. The van der Waals surface area contributed by atoms with E-state index in [1.807, 2.05) is 18.2 Å². The first kappa shape index (κ1) is 11.9. The van der Waals surface area contributed by atoms with Crippen LogP contribution in [0.2, 0.25) is 0 Å². The molecule has 1 aliphatic heterocycles. The molecule has 1 aromatic rings. The van der Waals surface area contributed by atoms with E-state index >= 15 is 0 Å². The smallest absolute Gasteiger partial charge is 0.120 e. The van der Waals surface area contributed by atoms with Gasteiger partial charge < -0.3 is 15.2 Å². The van der Waals surface area contributed by atoms with Gasteiger partial charge in [-0.1, -0.05) is 15.9 Å². The van der Waals surface area contributed by atoms with Crippen LogP contribution in [0.15, 0.2) is 22.7 Å². The normalized spacial score (nSPS) is 20.0. The highest BCUT2D eigenvalue weighted by molar-refractivity contribution is 9.10. The Bertz CT molecular complexity index is 351. The summed E-state index contributed by atoms with van der Waals surface area (Å²) in [6.45, 7) is 2.93. The van der Waals surface area contributed by atoms with Crippen LogP contribution < -0.4 is 10.5 Å². The zero-order valence-corrected chi connectivity index (χ0v) is 10.7. The van der Waals surface area contributed by atoms with Gasteiger partial charge in [-0.3, -0.25) is 0 Å². The molecule has 4 heteroatoms. The molecular formula is C12H16BrNO2. The molecule has 1 fully saturated rings. The molecule has 2 rings (SSSR count). The summed E-state index contributed by atoms with van der Waals surface area (Å²) in [5.41, 5.74) is 6.69. The van der Waals surface area contributed by atoms with E-state index in [0.29, 0.717) is 12.5 Å². The standard InChI is InChI=1S/C12H16BrNO2/c13-11-3-10(6-14)4-12(5-11)16-8-9-1-2-15-7-9/h3-5,9H,1-2,6-8,14H2. The first-order valence-corrected chi connectivity index (χ1v) is 6.27. The van der Waals surface area contributed by atoms with Gasteiger partial charge in [0.25, 0.3) is 0 Å². The number of ether oxygens (including phenoxy) is 2. The molecule has 2 N–H and O–H groups in total. The summed E-state index contributed by atoms with van der Waals surface area (Å²) in [6, 6.07) is 5.96. The molecule has 16 heavy (non-hydrogen) atoms. The third-order valence-electron chi connectivity index (χ3n) is 2.68. The second-order valence-electron chi connectivity index (χ2n) is 4.04. The van der Waals surface area contributed by atoms with Gasteiger partial charge in [0.05, 0.1) is 13.2 Å². The first-order chi connectivity index (χ1) is 7.78.